The van der Waals surface area contributed by atoms with Gasteiger partial charge in [0.2, 0.25) is 5.82 Å². The fraction of sp³-hybridized carbons (Fsp3) is 0.235. The number of unbranched alkanes of at least 4 members (excludes halogenated alkanes) is 1. The Balaban J connectivity index is 1.19. The van der Waals surface area contributed by atoms with Crippen LogP contribution in [-0.2, 0) is 17.8 Å². The third kappa shape index (κ3) is 5.30. The monoisotopic (exact) mass is 585 g/mol. The molecular formula is C34H31N7O3. The van der Waals surface area contributed by atoms with Gasteiger partial charge in [-0.2, -0.15) is 5.21 Å². The van der Waals surface area contributed by atoms with E-state index in [2.05, 4.69) is 57.0 Å². The SMILES string of the molecule is CCCCc1nc2ccc(C3CC(c4ccc(C)o4)=NO3)cc2c(=O)n1Cc1ccc(-c2ccccc2-c2nn[nH]n2)cc1. The summed E-state index contributed by atoms with van der Waals surface area (Å²) in [5.41, 5.74) is 6.21. The lowest BCUT2D eigenvalue weighted by Crippen LogP contribution is -2.26. The maximum Gasteiger partial charge on any atom is 0.261 e. The van der Waals surface area contributed by atoms with Crippen molar-refractivity contribution in [1.29, 1.82) is 0 Å². The molecule has 7 rings (SSSR count). The summed E-state index contributed by atoms with van der Waals surface area (Å²) >= 11 is 0. The van der Waals surface area contributed by atoms with Gasteiger partial charge in [0.15, 0.2) is 11.9 Å². The number of aromatic nitrogens is 6. The van der Waals surface area contributed by atoms with Crippen molar-refractivity contribution in [1.82, 2.24) is 30.2 Å². The lowest BCUT2D eigenvalue weighted by Gasteiger charge is -2.15. The fourth-order valence-electron chi connectivity index (χ4n) is 5.64. The van der Waals surface area contributed by atoms with E-state index in [9.17, 15) is 4.79 Å². The van der Waals surface area contributed by atoms with E-state index in [1.165, 1.54) is 0 Å². The van der Waals surface area contributed by atoms with E-state index in [1.54, 1.807) is 0 Å². The minimum atomic E-state index is -0.296. The van der Waals surface area contributed by atoms with Crippen molar-refractivity contribution in [3.63, 3.8) is 0 Å². The molecule has 1 aliphatic rings. The molecule has 10 nitrogen and oxygen atoms in total. The van der Waals surface area contributed by atoms with Crippen molar-refractivity contribution in [2.45, 2.75) is 52.2 Å². The van der Waals surface area contributed by atoms with E-state index in [1.807, 2.05) is 66.1 Å². The lowest BCUT2D eigenvalue weighted by atomic mass is 9.98. The Morgan fingerprint density at radius 3 is 2.59 bits per heavy atom. The normalized spacial score (nSPS) is 14.6. The van der Waals surface area contributed by atoms with Crippen LogP contribution in [0.15, 0.2) is 93.2 Å². The smallest absolute Gasteiger partial charge is 0.261 e. The van der Waals surface area contributed by atoms with Crippen LogP contribution < -0.4 is 5.56 Å². The Kier molecular flexibility index (Phi) is 7.31. The molecule has 1 unspecified atom stereocenters. The molecule has 220 valence electrons. The van der Waals surface area contributed by atoms with Crippen LogP contribution in [-0.4, -0.2) is 35.9 Å². The molecule has 6 aromatic rings. The summed E-state index contributed by atoms with van der Waals surface area (Å²) < 4.78 is 7.54. The second-order valence-electron chi connectivity index (χ2n) is 11.0. The zero-order valence-electron chi connectivity index (χ0n) is 24.5. The highest BCUT2D eigenvalue weighted by Gasteiger charge is 2.26. The average Bonchev–Trinajstić information content (AvgIpc) is 3.85. The van der Waals surface area contributed by atoms with E-state index in [4.69, 9.17) is 14.2 Å². The van der Waals surface area contributed by atoms with E-state index in [0.717, 1.165) is 64.4 Å². The van der Waals surface area contributed by atoms with Crippen LogP contribution in [0.4, 0.5) is 0 Å². The van der Waals surface area contributed by atoms with Crippen LogP contribution in [0.25, 0.3) is 33.4 Å². The highest BCUT2D eigenvalue weighted by Crippen LogP contribution is 2.32. The molecule has 3 aromatic heterocycles. The van der Waals surface area contributed by atoms with Crippen molar-refractivity contribution in [3.05, 3.63) is 118 Å². The first-order valence-corrected chi connectivity index (χ1v) is 14.8. The third-order valence-corrected chi connectivity index (χ3v) is 8.00. The van der Waals surface area contributed by atoms with Crippen LogP contribution in [0.5, 0.6) is 0 Å². The minimum absolute atomic E-state index is 0.0599. The summed E-state index contributed by atoms with van der Waals surface area (Å²) in [6.07, 6.45) is 2.96. The Labute approximate surface area is 253 Å². The molecule has 0 bridgehead atoms. The van der Waals surface area contributed by atoms with Gasteiger partial charge in [-0.3, -0.25) is 9.36 Å². The molecule has 44 heavy (non-hydrogen) atoms. The van der Waals surface area contributed by atoms with E-state index in [0.29, 0.717) is 35.5 Å². The van der Waals surface area contributed by atoms with Crippen LogP contribution in [0.1, 0.15) is 60.8 Å². The number of furan rings is 1. The second kappa shape index (κ2) is 11.7. The highest BCUT2D eigenvalue weighted by molar-refractivity contribution is 5.99. The summed E-state index contributed by atoms with van der Waals surface area (Å²) in [4.78, 5) is 24.8. The molecule has 0 radical (unpaired) electrons. The summed E-state index contributed by atoms with van der Waals surface area (Å²) in [5.74, 6) is 2.87. The number of rotatable bonds is 9. The zero-order valence-corrected chi connectivity index (χ0v) is 24.5. The van der Waals surface area contributed by atoms with Gasteiger partial charge in [0, 0.05) is 18.4 Å². The number of H-pyrrole nitrogens is 1. The Hall–Kier alpha value is -5.38. The summed E-state index contributed by atoms with van der Waals surface area (Å²) in [7, 11) is 0. The number of fused-ring (bicyclic) bond motifs is 1. The van der Waals surface area contributed by atoms with Gasteiger partial charge < -0.3 is 9.25 Å². The Bertz CT molecular complexity index is 2020. The molecule has 4 heterocycles. The highest BCUT2D eigenvalue weighted by atomic mass is 16.6. The molecule has 3 aromatic carbocycles. The molecule has 1 atom stereocenters. The van der Waals surface area contributed by atoms with Crippen molar-refractivity contribution in [2.24, 2.45) is 5.16 Å². The minimum Gasteiger partial charge on any atom is -0.460 e. The maximum absolute atomic E-state index is 14.1. The van der Waals surface area contributed by atoms with Crippen LogP contribution >= 0.6 is 0 Å². The van der Waals surface area contributed by atoms with Crippen molar-refractivity contribution < 1.29 is 9.25 Å². The Morgan fingerprint density at radius 2 is 1.84 bits per heavy atom. The van der Waals surface area contributed by atoms with Gasteiger partial charge in [-0.25, -0.2) is 4.98 Å². The zero-order chi connectivity index (χ0) is 30.0. The molecule has 0 amide bonds. The molecule has 0 saturated heterocycles. The number of oxime groups is 1. The van der Waals surface area contributed by atoms with E-state index >= 15 is 0 Å². The van der Waals surface area contributed by atoms with Crippen LogP contribution in [0, 0.1) is 6.92 Å². The third-order valence-electron chi connectivity index (χ3n) is 8.00. The summed E-state index contributed by atoms with van der Waals surface area (Å²) in [5, 5.41) is 19.4. The molecule has 0 spiro atoms. The van der Waals surface area contributed by atoms with E-state index < -0.39 is 0 Å². The van der Waals surface area contributed by atoms with Gasteiger partial charge in [-0.15, -0.1) is 10.2 Å². The number of aromatic amines is 1. The van der Waals surface area contributed by atoms with Crippen molar-refractivity contribution in [2.75, 3.05) is 0 Å². The first kappa shape index (κ1) is 27.5. The summed E-state index contributed by atoms with van der Waals surface area (Å²) in [6, 6.07) is 25.8. The number of hydrogen-bond donors (Lipinski definition) is 1. The van der Waals surface area contributed by atoms with Gasteiger partial charge in [0.1, 0.15) is 17.3 Å². The van der Waals surface area contributed by atoms with Gasteiger partial charge in [-0.05, 0) is 65.1 Å². The molecule has 0 aliphatic carbocycles. The quantitative estimate of drug-likeness (QED) is 0.208. The second-order valence-corrected chi connectivity index (χ2v) is 11.0. The molecule has 0 saturated carbocycles. The number of benzene rings is 3. The number of tetrazole rings is 1. The van der Waals surface area contributed by atoms with Gasteiger partial charge in [0.25, 0.3) is 5.56 Å². The maximum atomic E-state index is 14.1. The van der Waals surface area contributed by atoms with Crippen LogP contribution in [0.3, 0.4) is 0 Å². The van der Waals surface area contributed by atoms with Crippen molar-refractivity contribution in [3.8, 4) is 22.5 Å². The molecular weight excluding hydrogens is 554 g/mol. The molecule has 1 aliphatic heterocycles. The largest absolute Gasteiger partial charge is 0.460 e. The lowest BCUT2D eigenvalue weighted by molar-refractivity contribution is 0.0858. The topological polar surface area (TPSA) is 124 Å². The number of nitrogens with zero attached hydrogens (tertiary/aromatic N) is 6. The molecule has 10 heteroatoms. The van der Waals surface area contributed by atoms with Gasteiger partial charge in [-0.1, -0.05) is 73.1 Å². The standard InChI is InChI=1S/C34H31N7O3/c1-3-4-9-32-35-28-16-15-24(31-19-29(38-44-31)30-17-10-21(2)43-30)18-27(28)34(42)41(32)20-22-11-13-23(14-12-22)25-7-5-6-8-26(25)33-36-39-40-37-33/h5-8,10-18,31H,3-4,9,19-20H2,1-2H3,(H,36,37,39,40). The molecule has 0 fully saturated rings. The fourth-order valence-corrected chi connectivity index (χ4v) is 5.64. The number of nitrogens with one attached hydrogen (secondary N) is 1. The van der Waals surface area contributed by atoms with Gasteiger partial charge in [0.05, 0.1) is 17.4 Å². The molecule has 1 N–H and O–H groups in total. The number of hydrogen-bond acceptors (Lipinski definition) is 8. The van der Waals surface area contributed by atoms with Crippen LogP contribution in [0.2, 0.25) is 0 Å². The predicted octanol–water partition coefficient (Wildman–Crippen LogP) is 6.40. The number of aryl methyl sites for hydroxylation is 2. The summed E-state index contributed by atoms with van der Waals surface area (Å²) in [6.45, 7) is 4.46. The van der Waals surface area contributed by atoms with Gasteiger partial charge >= 0.3 is 0 Å². The predicted molar refractivity (Wildman–Crippen MR) is 167 cm³/mol. The van der Waals surface area contributed by atoms with E-state index in [-0.39, 0.29) is 11.7 Å². The first-order valence-electron chi connectivity index (χ1n) is 14.8. The average molecular weight is 586 g/mol. The Morgan fingerprint density at radius 1 is 1.00 bits per heavy atom. The first-order chi connectivity index (χ1) is 21.6. The van der Waals surface area contributed by atoms with Crippen molar-refractivity contribution >= 4 is 16.6 Å².